The van der Waals surface area contributed by atoms with Crippen LogP contribution in [0.15, 0.2) is 0 Å². The molecule has 2 aliphatic carbocycles. The summed E-state index contributed by atoms with van der Waals surface area (Å²) in [5.74, 6) is 1.99. The monoisotopic (exact) mass is 239 g/mol. The van der Waals surface area contributed by atoms with Crippen LogP contribution in [0, 0.1) is 11.8 Å². The van der Waals surface area contributed by atoms with Crippen LogP contribution in [0.4, 0.5) is 0 Å². The smallest absolute Gasteiger partial charge is 0.0604 e. The van der Waals surface area contributed by atoms with Crippen LogP contribution in [0.3, 0.4) is 0 Å². The number of hydrogen-bond acceptors (Lipinski definition) is 2. The number of hydrogen-bond donors (Lipinski definition) is 1. The van der Waals surface area contributed by atoms with E-state index in [-0.39, 0.29) is 0 Å². The molecule has 2 rings (SSSR count). The summed E-state index contributed by atoms with van der Waals surface area (Å²) in [4.78, 5) is 0. The van der Waals surface area contributed by atoms with Gasteiger partial charge in [0.1, 0.15) is 0 Å². The van der Waals surface area contributed by atoms with E-state index in [0.29, 0.717) is 6.10 Å². The van der Waals surface area contributed by atoms with Gasteiger partial charge >= 0.3 is 0 Å². The molecule has 0 amide bonds. The van der Waals surface area contributed by atoms with Crippen molar-refractivity contribution in [2.45, 2.75) is 70.9 Å². The average Bonchev–Trinajstić information content (AvgIpc) is 2.28. The number of rotatable bonds is 6. The third-order valence-corrected chi connectivity index (χ3v) is 4.62. The number of ether oxygens (including phenoxy) is 1. The summed E-state index contributed by atoms with van der Waals surface area (Å²) >= 11 is 0. The van der Waals surface area contributed by atoms with Crippen LogP contribution in [0.5, 0.6) is 0 Å². The van der Waals surface area contributed by atoms with Crippen LogP contribution in [-0.2, 0) is 4.74 Å². The Hall–Kier alpha value is -0.0800. The second-order valence-corrected chi connectivity index (χ2v) is 6.11. The average molecular weight is 239 g/mol. The van der Waals surface area contributed by atoms with Crippen LogP contribution in [0.2, 0.25) is 0 Å². The van der Waals surface area contributed by atoms with Gasteiger partial charge in [-0.25, -0.2) is 0 Å². The van der Waals surface area contributed by atoms with Gasteiger partial charge in [-0.05, 0) is 44.6 Å². The molecular formula is C15H29NO. The predicted octanol–water partition coefficient (Wildman–Crippen LogP) is 3.36. The van der Waals surface area contributed by atoms with Crippen molar-refractivity contribution >= 4 is 0 Å². The minimum Gasteiger partial charge on any atom is -0.378 e. The summed E-state index contributed by atoms with van der Waals surface area (Å²) in [5, 5.41) is 3.69. The molecule has 2 aliphatic rings. The Kier molecular flexibility index (Phi) is 5.30. The maximum absolute atomic E-state index is 5.58. The fourth-order valence-corrected chi connectivity index (χ4v) is 3.21. The Balaban J connectivity index is 1.47. The van der Waals surface area contributed by atoms with Gasteiger partial charge in [0.25, 0.3) is 0 Å². The van der Waals surface area contributed by atoms with Crippen LogP contribution < -0.4 is 5.32 Å². The summed E-state index contributed by atoms with van der Waals surface area (Å²) in [7, 11) is 0. The molecule has 1 N–H and O–H groups in total. The first-order valence-corrected chi connectivity index (χ1v) is 7.63. The minimum absolute atomic E-state index is 0.549. The Morgan fingerprint density at radius 2 is 1.82 bits per heavy atom. The van der Waals surface area contributed by atoms with Crippen molar-refractivity contribution in [1.29, 1.82) is 0 Å². The van der Waals surface area contributed by atoms with E-state index >= 15 is 0 Å². The maximum Gasteiger partial charge on any atom is 0.0604 e. The second-order valence-electron chi connectivity index (χ2n) is 6.11. The van der Waals surface area contributed by atoms with Gasteiger partial charge in [-0.15, -0.1) is 0 Å². The lowest BCUT2D eigenvalue weighted by Gasteiger charge is -2.36. The third-order valence-electron chi connectivity index (χ3n) is 4.62. The zero-order valence-electron chi connectivity index (χ0n) is 11.6. The van der Waals surface area contributed by atoms with E-state index in [4.69, 9.17) is 4.74 Å². The van der Waals surface area contributed by atoms with Gasteiger partial charge in [0.15, 0.2) is 0 Å². The summed E-state index contributed by atoms with van der Waals surface area (Å²) in [6, 6.07) is 0.745. The molecule has 100 valence electrons. The van der Waals surface area contributed by atoms with Crippen molar-refractivity contribution < 1.29 is 4.74 Å². The molecular weight excluding hydrogens is 210 g/mol. The SMILES string of the molecule is CCOC1CC(NCCC2CCC(C)CC2)C1. The molecule has 0 atom stereocenters. The normalized spacial score (nSPS) is 37.8. The summed E-state index contributed by atoms with van der Waals surface area (Å²) in [6.07, 6.45) is 10.3. The van der Waals surface area contributed by atoms with Crippen LogP contribution in [0.1, 0.15) is 58.8 Å². The maximum atomic E-state index is 5.58. The zero-order valence-corrected chi connectivity index (χ0v) is 11.6. The molecule has 0 saturated heterocycles. The Bertz CT molecular complexity index is 205. The second kappa shape index (κ2) is 6.75. The van der Waals surface area contributed by atoms with Gasteiger partial charge in [0, 0.05) is 12.6 Å². The minimum atomic E-state index is 0.549. The molecule has 0 aromatic heterocycles. The Morgan fingerprint density at radius 3 is 2.47 bits per heavy atom. The molecule has 17 heavy (non-hydrogen) atoms. The first-order valence-electron chi connectivity index (χ1n) is 7.63. The first kappa shape index (κ1) is 13.4. The van der Waals surface area contributed by atoms with E-state index < -0.39 is 0 Å². The molecule has 0 bridgehead atoms. The molecule has 0 spiro atoms. The lowest BCUT2D eigenvalue weighted by molar-refractivity contribution is -0.0100. The summed E-state index contributed by atoms with van der Waals surface area (Å²) in [6.45, 7) is 6.59. The molecule has 0 aromatic rings. The van der Waals surface area contributed by atoms with Gasteiger partial charge in [-0.3, -0.25) is 0 Å². The Labute approximate surface area is 107 Å². The zero-order chi connectivity index (χ0) is 12.1. The van der Waals surface area contributed by atoms with E-state index in [2.05, 4.69) is 19.2 Å². The van der Waals surface area contributed by atoms with E-state index in [1.807, 2.05) is 0 Å². The third kappa shape index (κ3) is 4.26. The van der Waals surface area contributed by atoms with Crippen molar-refractivity contribution in [3.8, 4) is 0 Å². The molecule has 2 nitrogen and oxygen atoms in total. The largest absolute Gasteiger partial charge is 0.378 e. The number of nitrogens with one attached hydrogen (secondary N) is 1. The highest BCUT2D eigenvalue weighted by molar-refractivity contribution is 4.86. The molecule has 2 saturated carbocycles. The van der Waals surface area contributed by atoms with Crippen molar-refractivity contribution in [3.05, 3.63) is 0 Å². The van der Waals surface area contributed by atoms with Crippen molar-refractivity contribution in [2.75, 3.05) is 13.2 Å². The molecule has 2 heteroatoms. The fraction of sp³-hybridized carbons (Fsp3) is 1.00. The molecule has 2 fully saturated rings. The van der Waals surface area contributed by atoms with Gasteiger partial charge in [-0.2, -0.15) is 0 Å². The van der Waals surface area contributed by atoms with Crippen LogP contribution in [-0.4, -0.2) is 25.3 Å². The first-order chi connectivity index (χ1) is 8.28. The van der Waals surface area contributed by atoms with E-state index in [9.17, 15) is 0 Å². The molecule has 0 aromatic carbocycles. The lowest BCUT2D eigenvalue weighted by Crippen LogP contribution is -2.46. The van der Waals surface area contributed by atoms with Crippen molar-refractivity contribution in [2.24, 2.45) is 11.8 Å². The highest BCUT2D eigenvalue weighted by Crippen LogP contribution is 2.30. The molecule has 0 heterocycles. The molecule has 0 radical (unpaired) electrons. The quantitative estimate of drug-likeness (QED) is 0.767. The van der Waals surface area contributed by atoms with Crippen molar-refractivity contribution in [3.63, 3.8) is 0 Å². The molecule has 0 unspecified atom stereocenters. The van der Waals surface area contributed by atoms with E-state index in [1.165, 1.54) is 51.5 Å². The summed E-state index contributed by atoms with van der Waals surface area (Å²) in [5.41, 5.74) is 0. The molecule has 0 aliphatic heterocycles. The van der Waals surface area contributed by atoms with Crippen molar-refractivity contribution in [1.82, 2.24) is 5.32 Å². The lowest BCUT2D eigenvalue weighted by atomic mass is 9.81. The topological polar surface area (TPSA) is 21.3 Å². The standard InChI is InChI=1S/C15H29NO/c1-3-17-15-10-14(11-15)16-9-8-13-6-4-12(2)5-7-13/h12-16H,3-11H2,1-2H3. The van der Waals surface area contributed by atoms with E-state index in [0.717, 1.165) is 24.5 Å². The van der Waals surface area contributed by atoms with Gasteiger partial charge in [-0.1, -0.05) is 32.6 Å². The Morgan fingerprint density at radius 1 is 1.12 bits per heavy atom. The summed E-state index contributed by atoms with van der Waals surface area (Å²) < 4.78 is 5.58. The van der Waals surface area contributed by atoms with Crippen LogP contribution >= 0.6 is 0 Å². The predicted molar refractivity (Wildman–Crippen MR) is 72.2 cm³/mol. The highest BCUT2D eigenvalue weighted by atomic mass is 16.5. The van der Waals surface area contributed by atoms with Gasteiger partial charge < -0.3 is 10.1 Å². The highest BCUT2D eigenvalue weighted by Gasteiger charge is 2.29. The fourth-order valence-electron chi connectivity index (χ4n) is 3.21. The van der Waals surface area contributed by atoms with Crippen LogP contribution in [0.25, 0.3) is 0 Å². The van der Waals surface area contributed by atoms with Gasteiger partial charge in [0.2, 0.25) is 0 Å². The van der Waals surface area contributed by atoms with E-state index in [1.54, 1.807) is 0 Å². The van der Waals surface area contributed by atoms with Gasteiger partial charge in [0.05, 0.1) is 6.10 Å².